The Labute approximate surface area is 172 Å². The lowest BCUT2D eigenvalue weighted by Gasteiger charge is -2.27. The lowest BCUT2D eigenvalue weighted by molar-refractivity contribution is 0.0679. The van der Waals surface area contributed by atoms with Gasteiger partial charge in [-0.15, -0.1) is 6.58 Å². The normalized spacial score (nSPS) is 20.8. The topological polar surface area (TPSA) is 61.6 Å². The molecular formula is C25H29NO3. The molecule has 2 aromatic carbocycles. The Morgan fingerprint density at radius 3 is 2.86 bits per heavy atom. The highest BCUT2D eigenvalue weighted by Crippen LogP contribution is 2.36. The molecule has 29 heavy (non-hydrogen) atoms. The summed E-state index contributed by atoms with van der Waals surface area (Å²) < 4.78 is 11.6. The van der Waals surface area contributed by atoms with Gasteiger partial charge in [-0.1, -0.05) is 24.3 Å². The molecule has 4 nitrogen and oxygen atoms in total. The van der Waals surface area contributed by atoms with Gasteiger partial charge in [0, 0.05) is 12.2 Å². The van der Waals surface area contributed by atoms with Crippen LogP contribution < -0.4 is 10.5 Å². The van der Waals surface area contributed by atoms with Crippen molar-refractivity contribution in [2.24, 2.45) is 5.73 Å². The zero-order chi connectivity index (χ0) is 20.2. The maximum absolute atomic E-state index is 12.1. The Morgan fingerprint density at radius 2 is 2.10 bits per heavy atom. The van der Waals surface area contributed by atoms with E-state index in [1.54, 1.807) is 0 Å². The molecule has 2 N–H and O–H groups in total. The van der Waals surface area contributed by atoms with Crippen LogP contribution >= 0.6 is 0 Å². The monoisotopic (exact) mass is 391 g/mol. The van der Waals surface area contributed by atoms with Crippen LogP contribution in [-0.2, 0) is 24.0 Å². The number of hydrogen-bond donors (Lipinski definition) is 1. The van der Waals surface area contributed by atoms with E-state index in [1.807, 2.05) is 24.3 Å². The maximum Gasteiger partial charge on any atom is 0.248 e. The minimum absolute atomic E-state index is 0.167. The minimum Gasteiger partial charge on any atom is -0.491 e. The molecule has 1 amide bonds. The van der Waals surface area contributed by atoms with Crippen LogP contribution in [0, 0.1) is 0 Å². The van der Waals surface area contributed by atoms with Crippen molar-refractivity contribution in [2.45, 2.75) is 50.5 Å². The SMILES string of the molecule is C=CCc1ccc2c(c1)CC[C@H](c1cc(OC[C@@H]3CCCO3)ccc1C(N)=O)C2. The molecule has 0 aromatic heterocycles. The summed E-state index contributed by atoms with van der Waals surface area (Å²) in [5.41, 5.74) is 11.4. The number of carbonyl (C=O) groups excluding carboxylic acids is 1. The van der Waals surface area contributed by atoms with E-state index < -0.39 is 0 Å². The second-order valence-electron chi connectivity index (χ2n) is 8.09. The van der Waals surface area contributed by atoms with Gasteiger partial charge in [0.2, 0.25) is 5.91 Å². The predicted molar refractivity (Wildman–Crippen MR) is 115 cm³/mol. The summed E-state index contributed by atoms with van der Waals surface area (Å²) in [7, 11) is 0. The molecule has 4 rings (SSSR count). The Bertz CT molecular complexity index is 899. The van der Waals surface area contributed by atoms with Gasteiger partial charge in [0.15, 0.2) is 0 Å². The number of aryl methyl sites for hydroxylation is 1. The third-order valence-electron chi connectivity index (χ3n) is 6.07. The first-order chi connectivity index (χ1) is 14.1. The van der Waals surface area contributed by atoms with Crippen molar-refractivity contribution in [2.75, 3.05) is 13.2 Å². The van der Waals surface area contributed by atoms with E-state index in [0.717, 1.165) is 56.4 Å². The zero-order valence-corrected chi connectivity index (χ0v) is 16.9. The third kappa shape index (κ3) is 4.54. The van der Waals surface area contributed by atoms with Crippen LogP contribution in [0.15, 0.2) is 49.1 Å². The van der Waals surface area contributed by atoms with Crippen LogP contribution in [0.1, 0.15) is 57.8 Å². The fraction of sp³-hybridized carbons (Fsp3) is 0.400. The van der Waals surface area contributed by atoms with E-state index in [1.165, 1.54) is 16.7 Å². The summed E-state index contributed by atoms with van der Waals surface area (Å²) in [6, 6.07) is 12.4. The van der Waals surface area contributed by atoms with Gasteiger partial charge in [0.25, 0.3) is 0 Å². The van der Waals surface area contributed by atoms with Gasteiger partial charge >= 0.3 is 0 Å². The van der Waals surface area contributed by atoms with Crippen LogP contribution in [0.3, 0.4) is 0 Å². The first kappa shape index (κ1) is 19.7. The molecule has 0 unspecified atom stereocenters. The van der Waals surface area contributed by atoms with Crippen molar-refractivity contribution >= 4 is 5.91 Å². The smallest absolute Gasteiger partial charge is 0.248 e. The van der Waals surface area contributed by atoms with Gasteiger partial charge in [-0.2, -0.15) is 0 Å². The average Bonchev–Trinajstić information content (AvgIpc) is 3.25. The van der Waals surface area contributed by atoms with Crippen LogP contribution in [0.5, 0.6) is 5.75 Å². The second-order valence-corrected chi connectivity index (χ2v) is 8.09. The molecule has 1 aliphatic carbocycles. The molecule has 4 heteroatoms. The number of fused-ring (bicyclic) bond motifs is 1. The summed E-state index contributed by atoms with van der Waals surface area (Å²) >= 11 is 0. The fourth-order valence-corrected chi connectivity index (χ4v) is 4.53. The summed E-state index contributed by atoms with van der Waals surface area (Å²) in [4.78, 5) is 12.1. The van der Waals surface area contributed by atoms with Crippen LogP contribution in [0.2, 0.25) is 0 Å². The lowest BCUT2D eigenvalue weighted by Crippen LogP contribution is -2.20. The average molecular weight is 392 g/mol. The number of nitrogens with two attached hydrogens (primary N) is 1. The molecule has 2 aromatic rings. The zero-order valence-electron chi connectivity index (χ0n) is 16.9. The van der Waals surface area contributed by atoms with Crippen LogP contribution in [0.4, 0.5) is 0 Å². The van der Waals surface area contributed by atoms with Gasteiger partial charge in [-0.25, -0.2) is 0 Å². The Hall–Kier alpha value is -2.59. The molecule has 2 atom stereocenters. The molecule has 1 aliphatic heterocycles. The van der Waals surface area contributed by atoms with Gasteiger partial charge in [0.05, 0.1) is 6.10 Å². The Morgan fingerprint density at radius 1 is 1.21 bits per heavy atom. The van der Waals surface area contributed by atoms with Crippen molar-refractivity contribution in [3.05, 3.63) is 76.9 Å². The first-order valence-corrected chi connectivity index (χ1v) is 10.5. The number of carbonyl (C=O) groups is 1. The molecule has 0 radical (unpaired) electrons. The number of hydrogen-bond acceptors (Lipinski definition) is 3. The number of primary amides is 1. The fourth-order valence-electron chi connectivity index (χ4n) is 4.53. The molecule has 1 fully saturated rings. The number of ether oxygens (including phenoxy) is 2. The summed E-state index contributed by atoms with van der Waals surface area (Å²) in [6.45, 7) is 5.20. The number of allylic oxidation sites excluding steroid dienone is 1. The molecule has 0 bridgehead atoms. The van der Waals surface area contributed by atoms with Crippen molar-refractivity contribution in [1.82, 2.24) is 0 Å². The van der Waals surface area contributed by atoms with Crippen molar-refractivity contribution in [3.63, 3.8) is 0 Å². The highest BCUT2D eigenvalue weighted by atomic mass is 16.5. The van der Waals surface area contributed by atoms with Gasteiger partial charge < -0.3 is 15.2 Å². The summed E-state index contributed by atoms with van der Waals surface area (Å²) in [5.74, 6) is 0.673. The molecule has 0 spiro atoms. The molecule has 1 saturated heterocycles. The molecule has 1 heterocycles. The van der Waals surface area contributed by atoms with E-state index in [4.69, 9.17) is 15.2 Å². The first-order valence-electron chi connectivity index (χ1n) is 10.5. The van der Waals surface area contributed by atoms with E-state index in [9.17, 15) is 4.79 Å². The van der Waals surface area contributed by atoms with Gasteiger partial charge in [-0.3, -0.25) is 4.79 Å². The molecular weight excluding hydrogens is 362 g/mol. The van der Waals surface area contributed by atoms with Crippen LogP contribution in [0.25, 0.3) is 0 Å². The third-order valence-corrected chi connectivity index (χ3v) is 6.07. The van der Waals surface area contributed by atoms with Crippen molar-refractivity contribution in [1.29, 1.82) is 0 Å². The highest BCUT2D eigenvalue weighted by Gasteiger charge is 2.25. The minimum atomic E-state index is -0.377. The second kappa shape index (κ2) is 8.83. The van der Waals surface area contributed by atoms with Crippen molar-refractivity contribution < 1.29 is 14.3 Å². The van der Waals surface area contributed by atoms with E-state index in [0.29, 0.717) is 12.2 Å². The summed E-state index contributed by atoms with van der Waals surface area (Å²) in [6.07, 6.45) is 8.06. The van der Waals surface area contributed by atoms with E-state index in [-0.39, 0.29) is 17.9 Å². The van der Waals surface area contributed by atoms with Gasteiger partial charge in [0.1, 0.15) is 12.4 Å². The van der Waals surface area contributed by atoms with Gasteiger partial charge in [-0.05, 0) is 84.9 Å². The van der Waals surface area contributed by atoms with Crippen molar-refractivity contribution in [3.8, 4) is 5.75 Å². The summed E-state index contributed by atoms with van der Waals surface area (Å²) in [5, 5.41) is 0. The molecule has 152 valence electrons. The van der Waals surface area contributed by atoms with E-state index >= 15 is 0 Å². The Kier molecular flexibility index (Phi) is 6.00. The predicted octanol–water partition coefficient (Wildman–Crippen LogP) is 4.34. The number of amides is 1. The number of rotatable bonds is 7. The standard InChI is InChI=1S/C25H29NO3/c1-2-4-17-6-7-19-14-20(9-8-18(19)13-17)24-15-21(10-11-23(24)25(26)27)29-16-22-5-3-12-28-22/h2,6-7,10-11,13,15,20,22H,1,3-5,8-9,12,14,16H2,(H2,26,27)/t20-,22-/m0/s1. The maximum atomic E-state index is 12.1. The number of benzene rings is 2. The molecule has 0 saturated carbocycles. The van der Waals surface area contributed by atoms with E-state index in [2.05, 4.69) is 24.8 Å². The largest absolute Gasteiger partial charge is 0.491 e. The quantitative estimate of drug-likeness (QED) is 0.714. The highest BCUT2D eigenvalue weighted by molar-refractivity contribution is 5.94. The van der Waals surface area contributed by atoms with Crippen LogP contribution in [-0.4, -0.2) is 25.2 Å². The lowest BCUT2D eigenvalue weighted by atomic mass is 9.78. The molecule has 2 aliphatic rings. The Balaban J connectivity index is 1.54.